The van der Waals surface area contributed by atoms with Crippen LogP contribution in [0.3, 0.4) is 0 Å². The maximum atomic E-state index is 12.8. The minimum absolute atomic E-state index is 0.0797. The average molecular weight is 390 g/mol. The van der Waals surface area contributed by atoms with E-state index < -0.39 is 11.9 Å². The number of hydrogen-bond acceptors (Lipinski definition) is 5. The van der Waals surface area contributed by atoms with E-state index in [1.807, 2.05) is 6.92 Å². The number of ether oxygens (including phenoxy) is 1. The molecule has 142 valence electrons. The van der Waals surface area contributed by atoms with Gasteiger partial charge in [0, 0.05) is 23.0 Å². The van der Waals surface area contributed by atoms with Crippen molar-refractivity contribution < 1.29 is 19.1 Å². The maximum Gasteiger partial charge on any atom is 0.345 e. The molecule has 2 aliphatic heterocycles. The number of anilines is 1. The summed E-state index contributed by atoms with van der Waals surface area (Å²) in [6.45, 7) is 3.72. The molecule has 8 heteroatoms. The molecular weight excluding hydrogens is 370 g/mol. The summed E-state index contributed by atoms with van der Waals surface area (Å²) in [4.78, 5) is 39.0. The summed E-state index contributed by atoms with van der Waals surface area (Å²) in [5.41, 5.74) is 0.931. The van der Waals surface area contributed by atoms with Crippen molar-refractivity contribution in [2.45, 2.75) is 32.7 Å². The zero-order chi connectivity index (χ0) is 19.6. The van der Waals surface area contributed by atoms with Crippen LogP contribution >= 0.6 is 11.6 Å². The molecule has 2 heterocycles. The van der Waals surface area contributed by atoms with E-state index in [-0.39, 0.29) is 24.1 Å². The molecule has 1 aromatic carbocycles. The van der Waals surface area contributed by atoms with Crippen molar-refractivity contribution in [3.05, 3.63) is 52.5 Å². The third kappa shape index (κ3) is 3.83. The van der Waals surface area contributed by atoms with Crippen molar-refractivity contribution in [3.63, 3.8) is 0 Å². The fourth-order valence-corrected chi connectivity index (χ4v) is 3.30. The normalized spacial score (nSPS) is 19.1. The fraction of sp³-hybridized carbons (Fsp3) is 0.316. The summed E-state index contributed by atoms with van der Waals surface area (Å²) >= 11 is 5.95. The van der Waals surface area contributed by atoms with Gasteiger partial charge in [-0.3, -0.25) is 14.5 Å². The highest BCUT2D eigenvalue weighted by Crippen LogP contribution is 2.30. The van der Waals surface area contributed by atoms with Crippen LogP contribution in [0.1, 0.15) is 26.7 Å². The highest BCUT2D eigenvalue weighted by atomic mass is 35.5. The molecule has 2 N–H and O–H groups in total. The Balaban J connectivity index is 1.90. The van der Waals surface area contributed by atoms with Gasteiger partial charge in [-0.2, -0.15) is 0 Å². The zero-order valence-electron chi connectivity index (χ0n) is 15.0. The first-order valence-corrected chi connectivity index (χ1v) is 9.07. The van der Waals surface area contributed by atoms with E-state index in [0.717, 1.165) is 0 Å². The number of rotatable bonds is 4. The van der Waals surface area contributed by atoms with Gasteiger partial charge in [0.15, 0.2) is 0 Å². The van der Waals surface area contributed by atoms with Crippen LogP contribution in [0.5, 0.6) is 0 Å². The predicted molar refractivity (Wildman–Crippen MR) is 101 cm³/mol. The minimum Gasteiger partial charge on any atom is -0.462 e. The summed E-state index contributed by atoms with van der Waals surface area (Å²) in [7, 11) is 0. The molecular formula is C19H20ClN3O4. The van der Waals surface area contributed by atoms with E-state index in [2.05, 4.69) is 10.6 Å². The highest BCUT2D eigenvalue weighted by molar-refractivity contribution is 6.31. The van der Waals surface area contributed by atoms with Gasteiger partial charge in [0.05, 0.1) is 12.2 Å². The molecule has 0 aliphatic carbocycles. The molecule has 2 aliphatic rings. The third-order valence-electron chi connectivity index (χ3n) is 4.43. The number of hydrogen-bond donors (Lipinski definition) is 2. The maximum absolute atomic E-state index is 12.8. The van der Waals surface area contributed by atoms with Crippen molar-refractivity contribution in [1.29, 1.82) is 0 Å². The van der Waals surface area contributed by atoms with E-state index in [0.29, 0.717) is 34.9 Å². The van der Waals surface area contributed by atoms with E-state index in [1.165, 1.54) is 11.1 Å². The largest absolute Gasteiger partial charge is 0.462 e. The third-order valence-corrected chi connectivity index (χ3v) is 4.67. The first-order chi connectivity index (χ1) is 12.9. The molecule has 0 saturated carbocycles. The Morgan fingerprint density at radius 1 is 1.41 bits per heavy atom. The van der Waals surface area contributed by atoms with Gasteiger partial charge in [-0.05, 0) is 44.9 Å². The molecule has 1 unspecified atom stereocenters. The molecule has 0 saturated heterocycles. The summed E-state index contributed by atoms with van der Waals surface area (Å²) < 4.78 is 4.93. The Morgan fingerprint density at radius 3 is 2.89 bits per heavy atom. The van der Waals surface area contributed by atoms with Gasteiger partial charge < -0.3 is 15.4 Å². The Kier molecular flexibility index (Phi) is 5.51. The number of fused-ring (bicyclic) bond motifs is 1. The Hall–Kier alpha value is -2.80. The lowest BCUT2D eigenvalue weighted by Gasteiger charge is -2.39. The Morgan fingerprint density at radius 2 is 2.19 bits per heavy atom. The van der Waals surface area contributed by atoms with E-state index in [1.54, 1.807) is 31.2 Å². The van der Waals surface area contributed by atoms with Gasteiger partial charge >= 0.3 is 5.97 Å². The van der Waals surface area contributed by atoms with E-state index in [9.17, 15) is 14.4 Å². The number of carbonyl (C=O) groups is 3. The van der Waals surface area contributed by atoms with Gasteiger partial charge in [-0.1, -0.05) is 17.7 Å². The topological polar surface area (TPSA) is 87.7 Å². The number of carbonyl (C=O) groups excluding carboxylic acids is 3. The van der Waals surface area contributed by atoms with Gasteiger partial charge in [0.1, 0.15) is 11.4 Å². The molecule has 3 rings (SSSR count). The molecule has 1 atom stereocenters. The minimum atomic E-state index is -0.684. The molecule has 7 nitrogen and oxygen atoms in total. The molecule has 0 fully saturated rings. The van der Waals surface area contributed by atoms with E-state index in [4.69, 9.17) is 16.3 Å². The Bertz CT molecular complexity index is 862. The van der Waals surface area contributed by atoms with Crippen LogP contribution in [0.25, 0.3) is 0 Å². The fourth-order valence-electron chi connectivity index (χ4n) is 3.11. The standard InChI is InChI=1S/C19H20ClN3O4/c1-3-27-19(26)15-10-21-16-14(8-7-11(2)23(16)18(15)25)17(24)22-13-6-4-5-12(20)9-13/h4-6,9-11,21H,3,7-8H2,1-2H3,(H,22,24). The van der Waals surface area contributed by atoms with Gasteiger partial charge in [0.2, 0.25) is 0 Å². The lowest BCUT2D eigenvalue weighted by atomic mass is 9.96. The predicted octanol–water partition coefficient (Wildman–Crippen LogP) is 2.55. The SMILES string of the molecule is CCOC(=O)C1=CNC2=C(C(=O)Nc3cccc(Cl)c3)CCC(C)N2C1=O. The highest BCUT2D eigenvalue weighted by Gasteiger charge is 2.39. The number of benzene rings is 1. The van der Waals surface area contributed by atoms with Crippen molar-refractivity contribution in [3.8, 4) is 0 Å². The second kappa shape index (κ2) is 7.84. The van der Waals surface area contributed by atoms with Crippen LogP contribution in [0, 0.1) is 0 Å². The van der Waals surface area contributed by atoms with Gasteiger partial charge in [0.25, 0.3) is 11.8 Å². The van der Waals surface area contributed by atoms with Crippen LogP contribution in [-0.4, -0.2) is 35.3 Å². The first kappa shape index (κ1) is 19.0. The number of esters is 1. The van der Waals surface area contributed by atoms with Crippen LogP contribution in [-0.2, 0) is 19.1 Å². The smallest absolute Gasteiger partial charge is 0.345 e. The van der Waals surface area contributed by atoms with Crippen LogP contribution < -0.4 is 10.6 Å². The molecule has 0 bridgehead atoms. The zero-order valence-corrected chi connectivity index (χ0v) is 15.8. The van der Waals surface area contributed by atoms with Crippen molar-refractivity contribution in [2.75, 3.05) is 11.9 Å². The lowest BCUT2D eigenvalue weighted by Crippen LogP contribution is -2.50. The molecule has 0 radical (unpaired) electrons. The van der Waals surface area contributed by atoms with Crippen LogP contribution in [0.15, 0.2) is 47.4 Å². The lowest BCUT2D eigenvalue weighted by molar-refractivity contribution is -0.142. The summed E-state index contributed by atoms with van der Waals surface area (Å²) in [6.07, 6.45) is 2.41. The van der Waals surface area contributed by atoms with Crippen LogP contribution in [0.4, 0.5) is 5.69 Å². The quantitative estimate of drug-likeness (QED) is 0.610. The monoisotopic (exact) mass is 389 g/mol. The number of amides is 2. The average Bonchev–Trinajstić information content (AvgIpc) is 2.62. The Labute approximate surface area is 162 Å². The molecule has 27 heavy (non-hydrogen) atoms. The van der Waals surface area contributed by atoms with E-state index >= 15 is 0 Å². The summed E-state index contributed by atoms with van der Waals surface area (Å²) in [5, 5.41) is 6.24. The summed E-state index contributed by atoms with van der Waals surface area (Å²) in [6, 6.07) is 6.68. The second-order valence-corrected chi connectivity index (χ2v) is 6.71. The van der Waals surface area contributed by atoms with Crippen molar-refractivity contribution in [1.82, 2.24) is 10.2 Å². The first-order valence-electron chi connectivity index (χ1n) is 8.69. The van der Waals surface area contributed by atoms with Gasteiger partial charge in [-0.15, -0.1) is 0 Å². The van der Waals surface area contributed by atoms with Crippen molar-refractivity contribution in [2.24, 2.45) is 0 Å². The van der Waals surface area contributed by atoms with Crippen LogP contribution in [0.2, 0.25) is 5.02 Å². The molecule has 2 amide bonds. The molecule has 1 aromatic rings. The van der Waals surface area contributed by atoms with Crippen molar-refractivity contribution >= 4 is 35.1 Å². The number of nitrogens with zero attached hydrogens (tertiary/aromatic N) is 1. The second-order valence-electron chi connectivity index (χ2n) is 6.28. The number of halogens is 1. The molecule has 0 spiro atoms. The molecule has 0 aromatic heterocycles. The number of nitrogens with one attached hydrogen (secondary N) is 2. The van der Waals surface area contributed by atoms with Gasteiger partial charge in [-0.25, -0.2) is 4.79 Å². The summed E-state index contributed by atoms with van der Waals surface area (Å²) in [5.74, 6) is -1.08.